The molecule has 0 aliphatic heterocycles. The molecule has 0 heterocycles. The Morgan fingerprint density at radius 1 is 1.50 bits per heavy atom. The molecular formula is C13H26N2O. The number of carbonyl (C=O) groups is 1. The second-order valence-corrected chi connectivity index (χ2v) is 5.49. The summed E-state index contributed by atoms with van der Waals surface area (Å²) < 4.78 is 0. The lowest BCUT2D eigenvalue weighted by Gasteiger charge is -2.31. The first-order chi connectivity index (χ1) is 7.53. The predicted molar refractivity (Wildman–Crippen MR) is 67.0 cm³/mol. The third-order valence-corrected chi connectivity index (χ3v) is 3.88. The van der Waals surface area contributed by atoms with Crippen LogP contribution < -0.4 is 5.73 Å². The molecule has 1 unspecified atom stereocenters. The van der Waals surface area contributed by atoms with Gasteiger partial charge in [-0.3, -0.25) is 4.79 Å². The molecule has 0 radical (unpaired) electrons. The van der Waals surface area contributed by atoms with E-state index < -0.39 is 0 Å². The van der Waals surface area contributed by atoms with Crippen LogP contribution in [-0.4, -0.2) is 30.4 Å². The highest BCUT2D eigenvalue weighted by Crippen LogP contribution is 2.43. The molecule has 1 saturated carbocycles. The van der Waals surface area contributed by atoms with E-state index in [0.717, 1.165) is 25.9 Å². The Morgan fingerprint density at radius 2 is 2.19 bits per heavy atom. The predicted octanol–water partition coefficient (Wildman–Crippen LogP) is 2.01. The van der Waals surface area contributed by atoms with E-state index >= 15 is 0 Å². The number of carbonyl (C=O) groups excluding carboxylic acids is 1. The van der Waals surface area contributed by atoms with Crippen molar-refractivity contribution in [2.24, 2.45) is 17.1 Å². The van der Waals surface area contributed by atoms with Crippen LogP contribution in [0.4, 0.5) is 0 Å². The molecule has 1 amide bonds. The van der Waals surface area contributed by atoms with Gasteiger partial charge in [0.05, 0.1) is 0 Å². The number of amides is 1. The van der Waals surface area contributed by atoms with E-state index in [9.17, 15) is 4.79 Å². The van der Waals surface area contributed by atoms with E-state index in [1.807, 2.05) is 4.90 Å². The highest BCUT2D eigenvalue weighted by molar-refractivity contribution is 5.79. The van der Waals surface area contributed by atoms with E-state index in [2.05, 4.69) is 20.8 Å². The molecule has 0 bridgehead atoms. The maximum Gasteiger partial charge on any atom is 0.226 e. The SMILES string of the molecule is CCN(CCCN)C(=O)C1CCCC1(C)C. The van der Waals surface area contributed by atoms with Crippen molar-refractivity contribution >= 4 is 5.91 Å². The first kappa shape index (κ1) is 13.5. The van der Waals surface area contributed by atoms with Gasteiger partial charge in [-0.05, 0) is 38.1 Å². The van der Waals surface area contributed by atoms with Crippen LogP contribution in [0.1, 0.15) is 46.5 Å². The summed E-state index contributed by atoms with van der Waals surface area (Å²) in [6.45, 7) is 8.79. The summed E-state index contributed by atoms with van der Waals surface area (Å²) in [5, 5.41) is 0. The van der Waals surface area contributed by atoms with Crippen LogP contribution >= 0.6 is 0 Å². The number of hydrogen-bond acceptors (Lipinski definition) is 2. The summed E-state index contributed by atoms with van der Waals surface area (Å²) in [4.78, 5) is 14.4. The molecule has 0 aromatic heterocycles. The van der Waals surface area contributed by atoms with Gasteiger partial charge in [0.15, 0.2) is 0 Å². The fourth-order valence-corrected chi connectivity index (χ4v) is 2.71. The molecule has 1 rings (SSSR count). The summed E-state index contributed by atoms with van der Waals surface area (Å²) in [7, 11) is 0. The summed E-state index contributed by atoms with van der Waals surface area (Å²) in [6.07, 6.45) is 4.34. The zero-order valence-corrected chi connectivity index (χ0v) is 11.0. The van der Waals surface area contributed by atoms with Crippen LogP contribution in [0.15, 0.2) is 0 Å². The van der Waals surface area contributed by atoms with E-state index in [1.165, 1.54) is 12.8 Å². The quantitative estimate of drug-likeness (QED) is 0.779. The lowest BCUT2D eigenvalue weighted by Crippen LogP contribution is -2.40. The molecule has 0 spiro atoms. The number of nitrogens with two attached hydrogens (primary N) is 1. The average Bonchev–Trinajstić information content (AvgIpc) is 2.59. The molecule has 1 aliphatic rings. The molecule has 16 heavy (non-hydrogen) atoms. The van der Waals surface area contributed by atoms with Crippen molar-refractivity contribution in [1.29, 1.82) is 0 Å². The Hall–Kier alpha value is -0.570. The minimum Gasteiger partial charge on any atom is -0.343 e. The number of rotatable bonds is 5. The van der Waals surface area contributed by atoms with Crippen LogP contribution in [0.3, 0.4) is 0 Å². The zero-order valence-electron chi connectivity index (χ0n) is 11.0. The van der Waals surface area contributed by atoms with Gasteiger partial charge in [-0.25, -0.2) is 0 Å². The van der Waals surface area contributed by atoms with Crippen LogP contribution in [-0.2, 0) is 4.79 Å². The first-order valence-electron chi connectivity index (χ1n) is 6.51. The van der Waals surface area contributed by atoms with E-state index in [4.69, 9.17) is 5.73 Å². The summed E-state index contributed by atoms with van der Waals surface area (Å²) in [6, 6.07) is 0. The highest BCUT2D eigenvalue weighted by Gasteiger charge is 2.40. The van der Waals surface area contributed by atoms with Gasteiger partial charge in [0.25, 0.3) is 0 Å². The van der Waals surface area contributed by atoms with Gasteiger partial charge in [0.2, 0.25) is 5.91 Å². The molecule has 1 atom stereocenters. The molecule has 1 fully saturated rings. The Labute approximate surface area is 99.4 Å². The van der Waals surface area contributed by atoms with E-state index in [1.54, 1.807) is 0 Å². The molecule has 0 aromatic rings. The lowest BCUT2D eigenvalue weighted by atomic mass is 9.81. The normalized spacial score (nSPS) is 23.4. The van der Waals surface area contributed by atoms with Crippen molar-refractivity contribution in [2.45, 2.75) is 46.5 Å². The maximum absolute atomic E-state index is 12.4. The summed E-state index contributed by atoms with van der Waals surface area (Å²) >= 11 is 0. The summed E-state index contributed by atoms with van der Waals surface area (Å²) in [5.74, 6) is 0.573. The molecule has 0 aromatic carbocycles. The van der Waals surface area contributed by atoms with Crippen molar-refractivity contribution in [3.63, 3.8) is 0 Å². The van der Waals surface area contributed by atoms with Crippen molar-refractivity contribution in [1.82, 2.24) is 4.90 Å². The molecule has 0 saturated heterocycles. The fourth-order valence-electron chi connectivity index (χ4n) is 2.71. The van der Waals surface area contributed by atoms with Gasteiger partial charge >= 0.3 is 0 Å². The third kappa shape index (κ3) is 2.97. The van der Waals surface area contributed by atoms with E-state index in [0.29, 0.717) is 12.5 Å². The average molecular weight is 226 g/mol. The van der Waals surface area contributed by atoms with Crippen molar-refractivity contribution in [3.05, 3.63) is 0 Å². The number of hydrogen-bond donors (Lipinski definition) is 1. The van der Waals surface area contributed by atoms with E-state index in [-0.39, 0.29) is 11.3 Å². The lowest BCUT2D eigenvalue weighted by molar-refractivity contribution is -0.138. The molecular weight excluding hydrogens is 200 g/mol. The third-order valence-electron chi connectivity index (χ3n) is 3.88. The molecule has 3 heteroatoms. The zero-order chi connectivity index (χ0) is 12.2. The topological polar surface area (TPSA) is 46.3 Å². The van der Waals surface area contributed by atoms with Crippen LogP contribution in [0.5, 0.6) is 0 Å². The minimum atomic E-state index is 0.188. The van der Waals surface area contributed by atoms with Crippen LogP contribution in [0.25, 0.3) is 0 Å². The Kier molecular flexibility index (Phi) is 4.78. The fraction of sp³-hybridized carbons (Fsp3) is 0.923. The van der Waals surface area contributed by atoms with Gasteiger partial charge < -0.3 is 10.6 Å². The van der Waals surface area contributed by atoms with Crippen LogP contribution in [0, 0.1) is 11.3 Å². The van der Waals surface area contributed by atoms with Crippen molar-refractivity contribution in [2.75, 3.05) is 19.6 Å². The minimum absolute atomic E-state index is 0.188. The van der Waals surface area contributed by atoms with Crippen LogP contribution in [0.2, 0.25) is 0 Å². The standard InChI is InChI=1S/C13H26N2O/c1-4-15(10-6-9-14)12(16)11-7-5-8-13(11,2)3/h11H,4-10,14H2,1-3H3. The smallest absolute Gasteiger partial charge is 0.226 e. The van der Waals surface area contributed by atoms with Crippen molar-refractivity contribution < 1.29 is 4.79 Å². The van der Waals surface area contributed by atoms with Gasteiger partial charge in [-0.15, -0.1) is 0 Å². The Bertz CT molecular complexity index is 238. The number of nitrogens with zero attached hydrogens (tertiary/aromatic N) is 1. The van der Waals surface area contributed by atoms with Gasteiger partial charge in [-0.2, -0.15) is 0 Å². The molecule has 3 nitrogen and oxygen atoms in total. The maximum atomic E-state index is 12.4. The Balaban J connectivity index is 2.60. The molecule has 1 aliphatic carbocycles. The second kappa shape index (κ2) is 5.67. The summed E-state index contributed by atoms with van der Waals surface area (Å²) in [5.41, 5.74) is 5.69. The monoisotopic (exact) mass is 226 g/mol. The van der Waals surface area contributed by atoms with Gasteiger partial charge in [-0.1, -0.05) is 20.3 Å². The molecule has 2 N–H and O–H groups in total. The van der Waals surface area contributed by atoms with Gasteiger partial charge in [0, 0.05) is 19.0 Å². The Morgan fingerprint density at radius 3 is 2.62 bits per heavy atom. The largest absolute Gasteiger partial charge is 0.343 e. The molecule has 94 valence electrons. The van der Waals surface area contributed by atoms with Gasteiger partial charge in [0.1, 0.15) is 0 Å². The first-order valence-corrected chi connectivity index (χ1v) is 6.51. The second-order valence-electron chi connectivity index (χ2n) is 5.49. The van der Waals surface area contributed by atoms with Crippen molar-refractivity contribution in [3.8, 4) is 0 Å². The highest BCUT2D eigenvalue weighted by atomic mass is 16.2.